The molecule has 0 spiro atoms. The Kier molecular flexibility index (Phi) is 3.72. The second kappa shape index (κ2) is 5.44. The minimum atomic E-state index is 0.620. The number of nitrogens with one attached hydrogen (secondary N) is 1. The number of aryl methyl sites for hydroxylation is 1. The molecule has 0 amide bonds. The summed E-state index contributed by atoms with van der Waals surface area (Å²) in [6.45, 7) is 2.73. The normalized spacial score (nSPS) is 10.3. The number of hydrogen-bond donors (Lipinski definition) is 2. The van der Waals surface area contributed by atoms with Crippen LogP contribution in [0.25, 0.3) is 0 Å². The molecular formula is C13H18N4O. The highest BCUT2D eigenvalue weighted by Gasteiger charge is 2.06. The van der Waals surface area contributed by atoms with Gasteiger partial charge in [0.05, 0.1) is 29.9 Å². The van der Waals surface area contributed by atoms with Gasteiger partial charge in [0.2, 0.25) is 0 Å². The molecule has 0 unspecified atom stereocenters. The number of nitrogen functional groups attached to an aromatic ring is 1. The number of nitrogens with zero attached hydrogens (tertiary/aromatic N) is 2. The fourth-order valence-corrected chi connectivity index (χ4v) is 1.63. The Morgan fingerprint density at radius 2 is 2.28 bits per heavy atom. The molecule has 96 valence electrons. The molecule has 18 heavy (non-hydrogen) atoms. The summed E-state index contributed by atoms with van der Waals surface area (Å²) in [6, 6.07) is 5.71. The third-order valence-electron chi connectivity index (χ3n) is 2.51. The highest BCUT2D eigenvalue weighted by atomic mass is 16.5. The summed E-state index contributed by atoms with van der Waals surface area (Å²) < 4.78 is 7.32. The lowest BCUT2D eigenvalue weighted by molar-refractivity contribution is 0.319. The van der Waals surface area contributed by atoms with Crippen molar-refractivity contribution in [1.29, 1.82) is 0 Å². The Labute approximate surface area is 107 Å². The van der Waals surface area contributed by atoms with E-state index in [1.54, 1.807) is 10.9 Å². The molecule has 0 radical (unpaired) electrons. The lowest BCUT2D eigenvalue weighted by Gasteiger charge is -2.12. The lowest BCUT2D eigenvalue weighted by atomic mass is 10.2. The highest BCUT2D eigenvalue weighted by Crippen LogP contribution is 2.31. The molecule has 3 N–H and O–H groups in total. The zero-order valence-electron chi connectivity index (χ0n) is 10.7. The molecule has 0 aliphatic carbocycles. The molecule has 0 fully saturated rings. The van der Waals surface area contributed by atoms with Crippen LogP contribution < -0.4 is 15.8 Å². The number of rotatable bonds is 5. The number of para-hydroxylation sites is 1. The fraction of sp³-hybridized carbons (Fsp3) is 0.308. The Morgan fingerprint density at radius 1 is 1.44 bits per heavy atom. The van der Waals surface area contributed by atoms with E-state index in [4.69, 9.17) is 10.5 Å². The Bertz CT molecular complexity index is 521. The first-order valence-electron chi connectivity index (χ1n) is 5.97. The van der Waals surface area contributed by atoms with Crippen LogP contribution in [0.1, 0.15) is 13.3 Å². The maximum Gasteiger partial charge on any atom is 0.144 e. The van der Waals surface area contributed by atoms with Crippen molar-refractivity contribution in [3.05, 3.63) is 30.6 Å². The number of ether oxygens (including phenoxy) is 1. The van der Waals surface area contributed by atoms with Gasteiger partial charge in [0.1, 0.15) is 5.75 Å². The standard InChI is InChI=1S/C13H18N4O/c1-3-7-18-12-6-4-5-11(13(12)14)16-10-8-15-17(2)9-10/h4-6,8-9,16H,3,7,14H2,1-2H3. The molecule has 0 saturated heterocycles. The highest BCUT2D eigenvalue weighted by molar-refractivity contribution is 5.77. The third-order valence-corrected chi connectivity index (χ3v) is 2.51. The van der Waals surface area contributed by atoms with E-state index in [1.165, 1.54) is 0 Å². The maximum atomic E-state index is 6.06. The van der Waals surface area contributed by atoms with Gasteiger partial charge in [0.25, 0.3) is 0 Å². The largest absolute Gasteiger partial charge is 0.491 e. The van der Waals surface area contributed by atoms with Crippen LogP contribution in [0, 0.1) is 0 Å². The minimum absolute atomic E-state index is 0.620. The smallest absolute Gasteiger partial charge is 0.144 e. The van der Waals surface area contributed by atoms with Crippen molar-refractivity contribution in [3.8, 4) is 5.75 Å². The van der Waals surface area contributed by atoms with Gasteiger partial charge < -0.3 is 15.8 Å². The van der Waals surface area contributed by atoms with Gasteiger partial charge in [0.15, 0.2) is 0 Å². The molecule has 1 aromatic heterocycles. The number of benzene rings is 1. The second-order valence-corrected chi connectivity index (χ2v) is 4.09. The minimum Gasteiger partial charge on any atom is -0.491 e. The first-order chi connectivity index (χ1) is 8.70. The second-order valence-electron chi connectivity index (χ2n) is 4.09. The Balaban J connectivity index is 2.17. The van der Waals surface area contributed by atoms with Crippen LogP contribution in [0.3, 0.4) is 0 Å². The van der Waals surface area contributed by atoms with Crippen LogP contribution in [0.2, 0.25) is 0 Å². The van der Waals surface area contributed by atoms with Crippen LogP contribution in [0.4, 0.5) is 17.1 Å². The zero-order chi connectivity index (χ0) is 13.0. The first kappa shape index (κ1) is 12.3. The number of aromatic nitrogens is 2. The summed E-state index contributed by atoms with van der Waals surface area (Å²) in [6.07, 6.45) is 4.59. The van der Waals surface area contributed by atoms with Gasteiger partial charge in [-0.1, -0.05) is 13.0 Å². The van der Waals surface area contributed by atoms with E-state index >= 15 is 0 Å². The van der Waals surface area contributed by atoms with Crippen molar-refractivity contribution in [2.75, 3.05) is 17.7 Å². The van der Waals surface area contributed by atoms with Crippen LogP contribution in [0.5, 0.6) is 5.75 Å². The lowest BCUT2D eigenvalue weighted by Crippen LogP contribution is -2.02. The van der Waals surface area contributed by atoms with Crippen molar-refractivity contribution >= 4 is 17.1 Å². The summed E-state index contributed by atoms with van der Waals surface area (Å²) >= 11 is 0. The predicted octanol–water partition coefficient (Wildman–Crippen LogP) is 2.53. The number of anilines is 3. The summed E-state index contributed by atoms with van der Waals surface area (Å²) in [5.74, 6) is 0.714. The molecule has 0 aliphatic rings. The van der Waals surface area contributed by atoms with Gasteiger partial charge in [-0.25, -0.2) is 0 Å². The molecule has 1 aromatic carbocycles. The SMILES string of the molecule is CCCOc1cccc(Nc2cnn(C)c2)c1N. The average Bonchev–Trinajstić information content (AvgIpc) is 2.76. The van der Waals surface area contributed by atoms with E-state index < -0.39 is 0 Å². The summed E-state index contributed by atoms with van der Waals surface area (Å²) in [5.41, 5.74) is 8.41. The topological polar surface area (TPSA) is 65.1 Å². The fourth-order valence-electron chi connectivity index (χ4n) is 1.63. The van der Waals surface area contributed by atoms with E-state index in [0.29, 0.717) is 18.0 Å². The maximum absolute atomic E-state index is 6.06. The van der Waals surface area contributed by atoms with E-state index in [0.717, 1.165) is 17.8 Å². The van der Waals surface area contributed by atoms with E-state index in [1.807, 2.05) is 31.4 Å². The molecule has 5 nitrogen and oxygen atoms in total. The molecule has 2 aromatic rings. The summed E-state index contributed by atoms with van der Waals surface area (Å²) in [4.78, 5) is 0. The molecule has 1 heterocycles. The molecule has 5 heteroatoms. The first-order valence-corrected chi connectivity index (χ1v) is 5.97. The van der Waals surface area contributed by atoms with Gasteiger partial charge in [-0.3, -0.25) is 4.68 Å². The van der Waals surface area contributed by atoms with Crippen molar-refractivity contribution < 1.29 is 4.74 Å². The van der Waals surface area contributed by atoms with Gasteiger partial charge in [0, 0.05) is 13.2 Å². The van der Waals surface area contributed by atoms with Crippen LogP contribution >= 0.6 is 0 Å². The predicted molar refractivity (Wildman–Crippen MR) is 73.1 cm³/mol. The van der Waals surface area contributed by atoms with E-state index in [-0.39, 0.29) is 0 Å². The molecule has 0 atom stereocenters. The summed E-state index contributed by atoms with van der Waals surface area (Å²) in [7, 11) is 1.87. The molecule has 0 bridgehead atoms. The number of hydrogen-bond acceptors (Lipinski definition) is 4. The molecule has 2 rings (SSSR count). The van der Waals surface area contributed by atoms with Crippen molar-refractivity contribution in [3.63, 3.8) is 0 Å². The van der Waals surface area contributed by atoms with E-state index in [9.17, 15) is 0 Å². The van der Waals surface area contributed by atoms with Crippen molar-refractivity contribution in [2.45, 2.75) is 13.3 Å². The molecular weight excluding hydrogens is 228 g/mol. The van der Waals surface area contributed by atoms with Crippen LogP contribution in [-0.4, -0.2) is 16.4 Å². The molecule has 0 aliphatic heterocycles. The van der Waals surface area contributed by atoms with Gasteiger partial charge in [-0.2, -0.15) is 5.10 Å². The number of nitrogens with two attached hydrogens (primary N) is 1. The van der Waals surface area contributed by atoms with Crippen molar-refractivity contribution in [1.82, 2.24) is 9.78 Å². The summed E-state index contributed by atoms with van der Waals surface area (Å²) in [5, 5.41) is 7.32. The van der Waals surface area contributed by atoms with Gasteiger partial charge in [-0.15, -0.1) is 0 Å². The average molecular weight is 246 g/mol. The third kappa shape index (κ3) is 2.74. The van der Waals surface area contributed by atoms with Crippen LogP contribution in [-0.2, 0) is 7.05 Å². The Hall–Kier alpha value is -2.17. The Morgan fingerprint density at radius 3 is 2.94 bits per heavy atom. The quantitative estimate of drug-likeness (QED) is 0.796. The van der Waals surface area contributed by atoms with Gasteiger partial charge in [-0.05, 0) is 18.6 Å². The van der Waals surface area contributed by atoms with Crippen molar-refractivity contribution in [2.24, 2.45) is 7.05 Å². The zero-order valence-corrected chi connectivity index (χ0v) is 10.7. The van der Waals surface area contributed by atoms with E-state index in [2.05, 4.69) is 17.3 Å². The van der Waals surface area contributed by atoms with Gasteiger partial charge >= 0.3 is 0 Å². The monoisotopic (exact) mass is 246 g/mol. The van der Waals surface area contributed by atoms with Crippen LogP contribution in [0.15, 0.2) is 30.6 Å². The molecule has 0 saturated carbocycles.